The number of benzene rings is 2. The minimum absolute atomic E-state index is 0.0728. The zero-order valence-corrected chi connectivity index (χ0v) is 19.4. The normalized spacial score (nSPS) is 12.4. The van der Waals surface area contributed by atoms with E-state index >= 15 is 0 Å². The Morgan fingerprint density at radius 3 is 2.25 bits per heavy atom. The molecule has 32 heavy (non-hydrogen) atoms. The van der Waals surface area contributed by atoms with E-state index < -0.39 is 16.1 Å². The third-order valence-electron chi connectivity index (χ3n) is 5.21. The Hall–Kier alpha value is -2.78. The van der Waals surface area contributed by atoms with Gasteiger partial charge in [0, 0.05) is 33.6 Å². The molecule has 0 saturated heterocycles. The fourth-order valence-electron chi connectivity index (χ4n) is 3.36. The molecule has 0 aliphatic carbocycles. The molecular formula is C23H30FN3O4S. The van der Waals surface area contributed by atoms with E-state index in [4.69, 9.17) is 0 Å². The van der Waals surface area contributed by atoms with Crippen LogP contribution >= 0.6 is 0 Å². The van der Waals surface area contributed by atoms with Crippen molar-refractivity contribution in [1.29, 1.82) is 0 Å². The number of carbonyl (C=O) groups excluding carboxylic acids is 2. The van der Waals surface area contributed by atoms with Crippen LogP contribution in [0, 0.1) is 5.82 Å². The maximum Gasteiger partial charge on any atom is 0.242 e. The Labute approximate surface area is 189 Å². The second kappa shape index (κ2) is 11.7. The summed E-state index contributed by atoms with van der Waals surface area (Å²) in [6, 6.07) is 13.2. The zero-order valence-electron chi connectivity index (χ0n) is 18.6. The molecule has 0 unspecified atom stereocenters. The van der Waals surface area contributed by atoms with E-state index in [1.807, 2.05) is 6.92 Å². The van der Waals surface area contributed by atoms with Gasteiger partial charge < -0.3 is 10.2 Å². The maximum atomic E-state index is 13.3. The van der Waals surface area contributed by atoms with Gasteiger partial charge in [-0.2, -0.15) is 0 Å². The van der Waals surface area contributed by atoms with E-state index in [1.54, 1.807) is 30.3 Å². The van der Waals surface area contributed by atoms with Crippen LogP contribution in [-0.4, -0.2) is 56.1 Å². The summed E-state index contributed by atoms with van der Waals surface area (Å²) in [5.74, 6) is -0.936. The largest absolute Gasteiger partial charge is 0.357 e. The maximum absolute atomic E-state index is 13.3. The standard InChI is InChI=1S/C23H30FN3O4S/c1-4-21(23(29)25-2)27(17-18-12-14-19(24)15-13-18)22(28)11-8-16-26(3)32(30,31)20-9-6-5-7-10-20/h5-7,9-10,12-15,21H,4,8,11,16-17H2,1-3H3,(H,25,29)/t21-/m1/s1. The van der Waals surface area contributed by atoms with Crippen molar-refractivity contribution in [3.63, 3.8) is 0 Å². The van der Waals surface area contributed by atoms with Crippen LogP contribution in [0.2, 0.25) is 0 Å². The Morgan fingerprint density at radius 2 is 1.69 bits per heavy atom. The lowest BCUT2D eigenvalue weighted by Crippen LogP contribution is -2.48. The Balaban J connectivity index is 2.08. The van der Waals surface area contributed by atoms with Gasteiger partial charge in [-0.25, -0.2) is 17.1 Å². The van der Waals surface area contributed by atoms with Crippen LogP contribution in [0.25, 0.3) is 0 Å². The summed E-state index contributed by atoms with van der Waals surface area (Å²) >= 11 is 0. The van der Waals surface area contributed by atoms with E-state index in [0.717, 1.165) is 0 Å². The molecule has 2 aromatic rings. The van der Waals surface area contributed by atoms with Crippen molar-refractivity contribution >= 4 is 21.8 Å². The lowest BCUT2D eigenvalue weighted by Gasteiger charge is -2.30. The van der Waals surface area contributed by atoms with Gasteiger partial charge in [0.25, 0.3) is 0 Å². The second-order valence-corrected chi connectivity index (χ2v) is 9.47. The van der Waals surface area contributed by atoms with Gasteiger partial charge in [0.05, 0.1) is 4.90 Å². The fraction of sp³-hybridized carbons (Fsp3) is 0.391. The molecule has 0 radical (unpaired) electrons. The van der Waals surface area contributed by atoms with Crippen LogP contribution in [0.5, 0.6) is 0 Å². The topological polar surface area (TPSA) is 86.8 Å². The molecule has 2 rings (SSSR count). The summed E-state index contributed by atoms with van der Waals surface area (Å²) in [7, 11) is -0.656. The number of rotatable bonds is 11. The van der Waals surface area contributed by atoms with Gasteiger partial charge >= 0.3 is 0 Å². The predicted molar refractivity (Wildman–Crippen MR) is 121 cm³/mol. The Kier molecular flexibility index (Phi) is 9.34. The predicted octanol–water partition coefficient (Wildman–Crippen LogP) is 2.78. The Bertz CT molecular complexity index is 998. The number of amides is 2. The molecule has 0 heterocycles. The molecule has 0 aromatic heterocycles. The number of likely N-dealkylation sites (N-methyl/N-ethyl adjacent to an activating group) is 1. The van der Waals surface area contributed by atoms with Gasteiger partial charge in [-0.15, -0.1) is 0 Å². The Morgan fingerprint density at radius 1 is 1.06 bits per heavy atom. The average molecular weight is 464 g/mol. The fourth-order valence-corrected chi connectivity index (χ4v) is 4.59. The van der Waals surface area contributed by atoms with E-state index in [9.17, 15) is 22.4 Å². The van der Waals surface area contributed by atoms with Crippen LogP contribution in [0.15, 0.2) is 59.5 Å². The van der Waals surface area contributed by atoms with Crippen molar-refractivity contribution in [3.05, 3.63) is 66.0 Å². The van der Waals surface area contributed by atoms with Gasteiger partial charge in [-0.1, -0.05) is 37.3 Å². The molecule has 2 amide bonds. The molecule has 0 aliphatic rings. The highest BCUT2D eigenvalue weighted by Gasteiger charge is 2.28. The smallest absolute Gasteiger partial charge is 0.242 e. The third-order valence-corrected chi connectivity index (χ3v) is 7.08. The first-order valence-corrected chi connectivity index (χ1v) is 11.9. The minimum Gasteiger partial charge on any atom is -0.357 e. The van der Waals surface area contributed by atoms with Crippen molar-refractivity contribution in [2.24, 2.45) is 0 Å². The second-order valence-electron chi connectivity index (χ2n) is 7.43. The molecule has 0 bridgehead atoms. The molecule has 0 spiro atoms. The molecule has 2 aromatic carbocycles. The lowest BCUT2D eigenvalue weighted by atomic mass is 10.1. The first-order chi connectivity index (χ1) is 15.2. The van der Waals surface area contributed by atoms with Gasteiger partial charge in [-0.3, -0.25) is 9.59 Å². The highest BCUT2D eigenvalue weighted by molar-refractivity contribution is 7.89. The first kappa shape index (κ1) is 25.5. The lowest BCUT2D eigenvalue weighted by molar-refractivity contribution is -0.141. The highest BCUT2D eigenvalue weighted by atomic mass is 32.2. The number of hydrogen-bond acceptors (Lipinski definition) is 4. The molecule has 1 atom stereocenters. The van der Waals surface area contributed by atoms with Crippen LogP contribution in [0.1, 0.15) is 31.7 Å². The number of carbonyl (C=O) groups is 2. The summed E-state index contributed by atoms with van der Waals surface area (Å²) in [4.78, 5) is 27.1. The average Bonchev–Trinajstić information content (AvgIpc) is 2.80. The number of nitrogens with one attached hydrogen (secondary N) is 1. The summed E-state index contributed by atoms with van der Waals surface area (Å²) in [6.45, 7) is 2.12. The van der Waals surface area contributed by atoms with Gasteiger partial charge in [0.1, 0.15) is 11.9 Å². The van der Waals surface area contributed by atoms with Crippen molar-refractivity contribution in [2.45, 2.75) is 43.7 Å². The number of hydrogen-bond donors (Lipinski definition) is 1. The first-order valence-electron chi connectivity index (χ1n) is 10.5. The summed E-state index contributed by atoms with van der Waals surface area (Å²) in [5, 5.41) is 2.58. The molecular weight excluding hydrogens is 433 g/mol. The number of nitrogens with zero attached hydrogens (tertiary/aromatic N) is 2. The molecule has 0 saturated carbocycles. The van der Waals surface area contributed by atoms with E-state index in [0.29, 0.717) is 18.4 Å². The van der Waals surface area contributed by atoms with Crippen LogP contribution < -0.4 is 5.32 Å². The molecule has 1 N–H and O–H groups in total. The van der Waals surface area contributed by atoms with Crippen molar-refractivity contribution in [1.82, 2.24) is 14.5 Å². The van der Waals surface area contributed by atoms with Crippen LogP contribution in [0.4, 0.5) is 4.39 Å². The van der Waals surface area contributed by atoms with E-state index in [-0.39, 0.29) is 42.0 Å². The van der Waals surface area contributed by atoms with E-state index in [2.05, 4.69) is 5.32 Å². The quantitative estimate of drug-likeness (QED) is 0.555. The van der Waals surface area contributed by atoms with E-state index in [1.165, 1.54) is 47.6 Å². The molecule has 0 fully saturated rings. The van der Waals surface area contributed by atoms with Crippen LogP contribution in [-0.2, 0) is 26.2 Å². The molecule has 174 valence electrons. The monoisotopic (exact) mass is 463 g/mol. The molecule has 9 heteroatoms. The molecule has 7 nitrogen and oxygen atoms in total. The minimum atomic E-state index is -3.64. The third kappa shape index (κ3) is 6.61. The van der Waals surface area contributed by atoms with Crippen molar-refractivity contribution in [2.75, 3.05) is 20.6 Å². The SMILES string of the molecule is CC[C@H](C(=O)NC)N(Cc1ccc(F)cc1)C(=O)CCCN(C)S(=O)(=O)c1ccccc1. The molecule has 0 aliphatic heterocycles. The summed E-state index contributed by atoms with van der Waals surface area (Å²) < 4.78 is 39.8. The van der Waals surface area contributed by atoms with Gasteiger partial charge in [-0.05, 0) is 42.7 Å². The van der Waals surface area contributed by atoms with Crippen LogP contribution in [0.3, 0.4) is 0 Å². The number of sulfonamides is 1. The van der Waals surface area contributed by atoms with Crippen molar-refractivity contribution < 1.29 is 22.4 Å². The van der Waals surface area contributed by atoms with Crippen molar-refractivity contribution in [3.8, 4) is 0 Å². The zero-order chi connectivity index (χ0) is 23.7. The highest BCUT2D eigenvalue weighted by Crippen LogP contribution is 2.17. The summed E-state index contributed by atoms with van der Waals surface area (Å²) in [5.41, 5.74) is 0.700. The van der Waals surface area contributed by atoms with Gasteiger partial charge in [0.2, 0.25) is 21.8 Å². The summed E-state index contributed by atoms with van der Waals surface area (Å²) in [6.07, 6.45) is 0.781. The van der Waals surface area contributed by atoms with Gasteiger partial charge in [0.15, 0.2) is 0 Å². The number of halogens is 1.